The second-order valence-electron chi connectivity index (χ2n) is 3.66. The highest BCUT2D eigenvalue weighted by molar-refractivity contribution is 5.53. The van der Waals surface area contributed by atoms with Crippen LogP contribution in [0, 0.1) is 0 Å². The van der Waals surface area contributed by atoms with Gasteiger partial charge in [0.15, 0.2) is 0 Å². The molecule has 2 aromatic rings. The van der Waals surface area contributed by atoms with E-state index in [1.165, 1.54) is 0 Å². The molecule has 4 heteroatoms. The Balaban J connectivity index is 2.07. The summed E-state index contributed by atoms with van der Waals surface area (Å²) in [5.41, 5.74) is 8.37. The van der Waals surface area contributed by atoms with Gasteiger partial charge >= 0.3 is 0 Å². The van der Waals surface area contributed by atoms with E-state index >= 15 is 0 Å². The van der Waals surface area contributed by atoms with Crippen LogP contribution in [0.5, 0.6) is 5.75 Å². The molecule has 0 bridgehead atoms. The van der Waals surface area contributed by atoms with Crippen molar-refractivity contribution in [3.63, 3.8) is 0 Å². The van der Waals surface area contributed by atoms with Gasteiger partial charge in [0, 0.05) is 25.0 Å². The summed E-state index contributed by atoms with van der Waals surface area (Å²) in [6.45, 7) is 0.490. The van der Waals surface area contributed by atoms with Crippen molar-refractivity contribution in [2.75, 3.05) is 18.1 Å². The molecule has 0 aliphatic heterocycles. The highest BCUT2D eigenvalue weighted by Crippen LogP contribution is 2.22. The minimum atomic E-state index is 0.490. The molecule has 4 nitrogen and oxygen atoms in total. The number of pyridine rings is 1. The van der Waals surface area contributed by atoms with Gasteiger partial charge in [-0.2, -0.15) is 0 Å². The number of nitrogen functional groups attached to an aromatic ring is 1. The number of ether oxygens (including phenoxy) is 1. The van der Waals surface area contributed by atoms with E-state index in [1.807, 2.05) is 37.4 Å². The third-order valence-corrected chi connectivity index (χ3v) is 2.40. The smallest absolute Gasteiger partial charge is 0.146 e. The number of benzene rings is 1. The molecule has 0 atom stereocenters. The first-order valence-electron chi connectivity index (χ1n) is 5.38. The molecule has 88 valence electrons. The van der Waals surface area contributed by atoms with Crippen molar-refractivity contribution in [3.05, 3.63) is 48.3 Å². The number of nitrogens with one attached hydrogen (secondary N) is 1. The Kier molecular flexibility index (Phi) is 3.45. The first-order valence-corrected chi connectivity index (χ1v) is 5.38. The molecule has 0 fully saturated rings. The largest absolute Gasteiger partial charge is 0.487 e. The van der Waals surface area contributed by atoms with E-state index in [0.29, 0.717) is 6.61 Å². The summed E-state index contributed by atoms with van der Waals surface area (Å²) in [5.74, 6) is 0.782. The normalized spacial score (nSPS) is 9.94. The van der Waals surface area contributed by atoms with Crippen molar-refractivity contribution < 1.29 is 4.74 Å². The number of rotatable bonds is 4. The third kappa shape index (κ3) is 2.87. The minimum Gasteiger partial charge on any atom is -0.487 e. The summed E-state index contributed by atoms with van der Waals surface area (Å²) in [7, 11) is 1.84. The van der Waals surface area contributed by atoms with Gasteiger partial charge in [0.1, 0.15) is 12.4 Å². The zero-order valence-electron chi connectivity index (χ0n) is 9.68. The van der Waals surface area contributed by atoms with Gasteiger partial charge in [-0.25, -0.2) is 0 Å². The topological polar surface area (TPSA) is 60.2 Å². The number of nitrogens with zero attached hydrogens (tertiary/aromatic N) is 1. The van der Waals surface area contributed by atoms with Gasteiger partial charge in [0.05, 0.1) is 11.9 Å². The van der Waals surface area contributed by atoms with E-state index in [9.17, 15) is 0 Å². The lowest BCUT2D eigenvalue weighted by molar-refractivity contribution is 0.307. The lowest BCUT2D eigenvalue weighted by Crippen LogP contribution is -2.00. The van der Waals surface area contributed by atoms with Crippen LogP contribution in [-0.2, 0) is 6.61 Å². The highest BCUT2D eigenvalue weighted by atomic mass is 16.5. The number of hydrogen-bond acceptors (Lipinski definition) is 4. The van der Waals surface area contributed by atoms with Gasteiger partial charge in [0.25, 0.3) is 0 Å². The summed E-state index contributed by atoms with van der Waals surface area (Å²) in [6, 6.07) is 9.49. The summed E-state index contributed by atoms with van der Waals surface area (Å²) in [5, 5.41) is 3.03. The van der Waals surface area contributed by atoms with Crippen LogP contribution in [-0.4, -0.2) is 12.0 Å². The lowest BCUT2D eigenvalue weighted by Gasteiger charge is -2.10. The maximum Gasteiger partial charge on any atom is 0.146 e. The fraction of sp³-hybridized carbons (Fsp3) is 0.154. The minimum absolute atomic E-state index is 0.490. The van der Waals surface area contributed by atoms with Crippen molar-refractivity contribution in [2.24, 2.45) is 0 Å². The zero-order chi connectivity index (χ0) is 12.1. The van der Waals surface area contributed by atoms with Gasteiger partial charge in [0.2, 0.25) is 0 Å². The van der Waals surface area contributed by atoms with Crippen LogP contribution in [0.1, 0.15) is 5.56 Å². The number of aromatic nitrogens is 1. The van der Waals surface area contributed by atoms with Crippen molar-refractivity contribution >= 4 is 11.4 Å². The summed E-state index contributed by atoms with van der Waals surface area (Å²) >= 11 is 0. The van der Waals surface area contributed by atoms with Gasteiger partial charge in [-0.05, 0) is 17.7 Å². The second kappa shape index (κ2) is 5.21. The van der Waals surface area contributed by atoms with Crippen LogP contribution >= 0.6 is 0 Å². The molecule has 0 spiro atoms. The maximum absolute atomic E-state index is 5.71. The van der Waals surface area contributed by atoms with Crippen molar-refractivity contribution in [2.45, 2.75) is 6.61 Å². The molecule has 0 saturated heterocycles. The summed E-state index contributed by atoms with van der Waals surface area (Å²) in [6.07, 6.45) is 3.43. The maximum atomic E-state index is 5.71. The first-order chi connectivity index (χ1) is 8.29. The second-order valence-corrected chi connectivity index (χ2v) is 3.66. The lowest BCUT2D eigenvalue weighted by atomic mass is 10.2. The Morgan fingerprint density at radius 3 is 3.00 bits per heavy atom. The van der Waals surface area contributed by atoms with Crippen LogP contribution in [0.15, 0.2) is 42.7 Å². The molecule has 2 rings (SSSR count). The predicted octanol–water partition coefficient (Wildman–Crippen LogP) is 2.28. The molecule has 1 aromatic heterocycles. The van der Waals surface area contributed by atoms with E-state index in [4.69, 9.17) is 10.5 Å². The number of anilines is 2. The third-order valence-electron chi connectivity index (χ3n) is 2.40. The SMILES string of the molecule is CNc1cnccc1OCc1cccc(N)c1. The van der Waals surface area contributed by atoms with Crippen LogP contribution in [0.3, 0.4) is 0 Å². The monoisotopic (exact) mass is 229 g/mol. The molecule has 0 radical (unpaired) electrons. The molecular formula is C13H15N3O. The molecule has 0 unspecified atom stereocenters. The van der Waals surface area contributed by atoms with Crippen LogP contribution in [0.4, 0.5) is 11.4 Å². The van der Waals surface area contributed by atoms with Gasteiger partial charge in [-0.15, -0.1) is 0 Å². The summed E-state index contributed by atoms with van der Waals surface area (Å²) in [4.78, 5) is 4.02. The van der Waals surface area contributed by atoms with E-state index in [1.54, 1.807) is 12.4 Å². The first kappa shape index (κ1) is 11.3. The van der Waals surface area contributed by atoms with Crippen LogP contribution < -0.4 is 15.8 Å². The standard InChI is InChI=1S/C13H15N3O/c1-15-12-8-16-6-5-13(12)17-9-10-3-2-4-11(14)7-10/h2-8,15H,9,14H2,1H3. The molecule has 1 heterocycles. The zero-order valence-corrected chi connectivity index (χ0v) is 9.68. The Hall–Kier alpha value is -2.23. The van der Waals surface area contributed by atoms with Gasteiger partial charge < -0.3 is 15.8 Å². The summed E-state index contributed by atoms with van der Waals surface area (Å²) < 4.78 is 5.71. The van der Waals surface area contributed by atoms with E-state index in [-0.39, 0.29) is 0 Å². The fourth-order valence-corrected chi connectivity index (χ4v) is 1.54. The van der Waals surface area contributed by atoms with Crippen LogP contribution in [0.25, 0.3) is 0 Å². The Labute approximate surface area is 100 Å². The van der Waals surface area contributed by atoms with Crippen molar-refractivity contribution in [1.29, 1.82) is 0 Å². The molecule has 17 heavy (non-hydrogen) atoms. The Bertz CT molecular complexity index is 500. The average molecular weight is 229 g/mol. The van der Waals surface area contributed by atoms with Gasteiger partial charge in [-0.1, -0.05) is 12.1 Å². The fourth-order valence-electron chi connectivity index (χ4n) is 1.54. The van der Waals surface area contributed by atoms with E-state index in [2.05, 4.69) is 10.3 Å². The average Bonchev–Trinajstić information content (AvgIpc) is 2.37. The van der Waals surface area contributed by atoms with Crippen molar-refractivity contribution in [3.8, 4) is 5.75 Å². The van der Waals surface area contributed by atoms with E-state index < -0.39 is 0 Å². The number of nitrogens with two attached hydrogens (primary N) is 1. The van der Waals surface area contributed by atoms with Crippen molar-refractivity contribution in [1.82, 2.24) is 4.98 Å². The Morgan fingerprint density at radius 1 is 1.35 bits per heavy atom. The Morgan fingerprint density at radius 2 is 2.24 bits per heavy atom. The van der Waals surface area contributed by atoms with Crippen LogP contribution in [0.2, 0.25) is 0 Å². The molecule has 0 aliphatic carbocycles. The van der Waals surface area contributed by atoms with Gasteiger partial charge in [-0.3, -0.25) is 4.98 Å². The molecule has 0 saturated carbocycles. The molecule has 1 aromatic carbocycles. The highest BCUT2D eigenvalue weighted by Gasteiger charge is 2.01. The predicted molar refractivity (Wildman–Crippen MR) is 69.0 cm³/mol. The molecule has 3 N–H and O–H groups in total. The van der Waals surface area contributed by atoms with E-state index in [0.717, 1.165) is 22.7 Å². The molecule has 0 amide bonds. The quantitative estimate of drug-likeness (QED) is 0.790. The number of hydrogen-bond donors (Lipinski definition) is 2. The molecule has 0 aliphatic rings. The molecular weight excluding hydrogens is 214 g/mol.